The second-order valence-corrected chi connectivity index (χ2v) is 11.5. The van der Waals surface area contributed by atoms with Crippen molar-refractivity contribution in [1.82, 2.24) is 14.8 Å². The zero-order valence-corrected chi connectivity index (χ0v) is 25.9. The quantitative estimate of drug-likeness (QED) is 0.161. The highest BCUT2D eigenvalue weighted by molar-refractivity contribution is 5.89. The number of nitrogens with one attached hydrogen (secondary N) is 1. The molecule has 5 aromatic rings. The molecule has 1 N–H and O–H groups in total. The average molecular weight is 587 g/mol. The number of nitrogens with zero attached hydrogens (tertiary/aromatic N) is 3. The Morgan fingerprint density at radius 3 is 2.02 bits per heavy atom. The standard InChI is InChI=1S/C38H42N4O2/c1-4-34(31-15-9-6-10-16-31)38(44)42(27-29-13-7-5-8-14-29)28-37(43)41(26-30-19-21-33(22-20-30)40(2)3)24-23-32-25-39-36-18-12-11-17-35(32)36/h5-22,25,34,39H,4,23-24,26-28H2,1-3H3. The second-order valence-electron chi connectivity index (χ2n) is 11.5. The molecule has 0 bridgehead atoms. The first-order chi connectivity index (χ1) is 21.4. The molecule has 2 amide bonds. The van der Waals surface area contributed by atoms with Gasteiger partial charge in [-0.15, -0.1) is 0 Å². The molecular weight excluding hydrogens is 544 g/mol. The van der Waals surface area contributed by atoms with Crippen molar-refractivity contribution in [2.45, 2.75) is 38.8 Å². The molecule has 0 saturated heterocycles. The lowest BCUT2D eigenvalue weighted by Gasteiger charge is -2.30. The van der Waals surface area contributed by atoms with Crippen LogP contribution in [0.25, 0.3) is 10.9 Å². The van der Waals surface area contributed by atoms with Crippen LogP contribution in [0.2, 0.25) is 0 Å². The molecule has 6 nitrogen and oxygen atoms in total. The highest BCUT2D eigenvalue weighted by Crippen LogP contribution is 2.24. The number of fused-ring (bicyclic) bond motifs is 1. The average Bonchev–Trinajstić information content (AvgIpc) is 3.47. The van der Waals surface area contributed by atoms with Gasteiger partial charge in [-0.05, 0) is 53.3 Å². The molecule has 0 aliphatic carbocycles. The van der Waals surface area contributed by atoms with Gasteiger partial charge < -0.3 is 19.7 Å². The maximum Gasteiger partial charge on any atom is 0.242 e. The number of amides is 2. The van der Waals surface area contributed by atoms with E-state index in [-0.39, 0.29) is 24.3 Å². The molecule has 1 atom stereocenters. The van der Waals surface area contributed by atoms with Gasteiger partial charge in [0.2, 0.25) is 11.8 Å². The summed E-state index contributed by atoms with van der Waals surface area (Å²) in [4.78, 5) is 37.4. The molecular formula is C38H42N4O2. The molecule has 44 heavy (non-hydrogen) atoms. The van der Waals surface area contributed by atoms with Crippen molar-refractivity contribution in [3.05, 3.63) is 138 Å². The van der Waals surface area contributed by atoms with Gasteiger partial charge in [0.25, 0.3) is 0 Å². The fourth-order valence-electron chi connectivity index (χ4n) is 5.74. The number of aromatic nitrogens is 1. The van der Waals surface area contributed by atoms with Crippen LogP contribution in [0.5, 0.6) is 0 Å². The SMILES string of the molecule is CCC(C(=O)N(CC(=O)N(CCc1c[nH]c2ccccc12)Cc1ccc(N(C)C)cc1)Cc1ccccc1)c1ccccc1. The number of carbonyl (C=O) groups excluding carboxylic acids is 2. The molecule has 0 radical (unpaired) electrons. The van der Waals surface area contributed by atoms with E-state index in [0.29, 0.717) is 32.5 Å². The Morgan fingerprint density at radius 2 is 1.34 bits per heavy atom. The van der Waals surface area contributed by atoms with Gasteiger partial charge >= 0.3 is 0 Å². The fourth-order valence-corrected chi connectivity index (χ4v) is 5.74. The van der Waals surface area contributed by atoms with Crippen molar-refractivity contribution in [2.75, 3.05) is 32.1 Å². The molecule has 0 saturated carbocycles. The Balaban J connectivity index is 1.41. The number of aromatic amines is 1. The van der Waals surface area contributed by atoms with E-state index in [1.165, 1.54) is 10.9 Å². The predicted molar refractivity (Wildman–Crippen MR) is 180 cm³/mol. The van der Waals surface area contributed by atoms with Gasteiger partial charge in [-0.1, -0.05) is 97.9 Å². The first-order valence-electron chi connectivity index (χ1n) is 15.4. The van der Waals surface area contributed by atoms with Crippen molar-refractivity contribution in [3.8, 4) is 0 Å². The van der Waals surface area contributed by atoms with Crippen molar-refractivity contribution in [2.24, 2.45) is 0 Å². The number of anilines is 1. The van der Waals surface area contributed by atoms with E-state index in [2.05, 4.69) is 46.3 Å². The summed E-state index contributed by atoms with van der Waals surface area (Å²) in [6.07, 6.45) is 3.40. The molecule has 5 rings (SSSR count). The van der Waals surface area contributed by atoms with Gasteiger partial charge in [0.1, 0.15) is 6.54 Å². The van der Waals surface area contributed by atoms with Gasteiger partial charge in [-0.3, -0.25) is 9.59 Å². The number of H-pyrrole nitrogens is 1. The zero-order valence-electron chi connectivity index (χ0n) is 25.9. The zero-order chi connectivity index (χ0) is 30.9. The third-order valence-electron chi connectivity index (χ3n) is 8.27. The highest BCUT2D eigenvalue weighted by atomic mass is 16.2. The number of carbonyl (C=O) groups is 2. The maximum absolute atomic E-state index is 14.2. The largest absolute Gasteiger partial charge is 0.378 e. The van der Waals surface area contributed by atoms with E-state index in [0.717, 1.165) is 27.9 Å². The van der Waals surface area contributed by atoms with Crippen LogP contribution < -0.4 is 4.90 Å². The summed E-state index contributed by atoms with van der Waals surface area (Å²) in [7, 11) is 4.03. The molecule has 0 aliphatic rings. The molecule has 0 aliphatic heterocycles. The van der Waals surface area contributed by atoms with E-state index in [1.807, 2.05) is 105 Å². The van der Waals surface area contributed by atoms with Gasteiger partial charge in [0.05, 0.1) is 5.92 Å². The molecule has 4 aromatic carbocycles. The van der Waals surface area contributed by atoms with Crippen LogP contribution in [0.15, 0.2) is 115 Å². The van der Waals surface area contributed by atoms with Crippen LogP contribution in [-0.4, -0.2) is 53.8 Å². The topological polar surface area (TPSA) is 59.7 Å². The molecule has 0 spiro atoms. The Bertz CT molecular complexity index is 1650. The summed E-state index contributed by atoms with van der Waals surface area (Å²) < 4.78 is 0. The lowest BCUT2D eigenvalue weighted by atomic mass is 9.94. The summed E-state index contributed by atoms with van der Waals surface area (Å²) >= 11 is 0. The number of benzene rings is 4. The van der Waals surface area contributed by atoms with E-state index in [1.54, 1.807) is 4.90 Å². The Morgan fingerprint density at radius 1 is 0.727 bits per heavy atom. The Hall–Kier alpha value is -4.84. The molecule has 1 aromatic heterocycles. The lowest BCUT2D eigenvalue weighted by Crippen LogP contribution is -2.44. The summed E-state index contributed by atoms with van der Waals surface area (Å²) in [6, 6.07) is 36.4. The van der Waals surface area contributed by atoms with Gasteiger partial charge in [-0.2, -0.15) is 0 Å². The number of rotatable bonds is 13. The van der Waals surface area contributed by atoms with Gasteiger partial charge in [-0.25, -0.2) is 0 Å². The highest BCUT2D eigenvalue weighted by Gasteiger charge is 2.28. The Labute approximate surface area is 260 Å². The number of hydrogen-bond acceptors (Lipinski definition) is 3. The number of para-hydroxylation sites is 1. The smallest absolute Gasteiger partial charge is 0.242 e. The van der Waals surface area contributed by atoms with Crippen LogP contribution in [0.1, 0.15) is 41.5 Å². The van der Waals surface area contributed by atoms with Gasteiger partial charge in [0, 0.05) is 56.5 Å². The van der Waals surface area contributed by atoms with E-state index >= 15 is 0 Å². The normalized spacial score (nSPS) is 11.7. The third-order valence-corrected chi connectivity index (χ3v) is 8.27. The maximum atomic E-state index is 14.2. The predicted octanol–water partition coefficient (Wildman–Crippen LogP) is 7.03. The van der Waals surface area contributed by atoms with Crippen LogP contribution in [0.4, 0.5) is 5.69 Å². The van der Waals surface area contributed by atoms with Crippen LogP contribution >= 0.6 is 0 Å². The summed E-state index contributed by atoms with van der Waals surface area (Å²) in [5.74, 6) is -0.400. The van der Waals surface area contributed by atoms with E-state index in [9.17, 15) is 9.59 Å². The van der Waals surface area contributed by atoms with Crippen molar-refractivity contribution in [3.63, 3.8) is 0 Å². The Kier molecular flexibility index (Phi) is 10.1. The summed E-state index contributed by atoms with van der Waals surface area (Å²) in [5.41, 5.74) is 6.40. The van der Waals surface area contributed by atoms with Crippen LogP contribution in [0.3, 0.4) is 0 Å². The minimum Gasteiger partial charge on any atom is -0.378 e. The van der Waals surface area contributed by atoms with Crippen LogP contribution in [-0.2, 0) is 29.1 Å². The van der Waals surface area contributed by atoms with Crippen molar-refractivity contribution >= 4 is 28.4 Å². The minimum atomic E-state index is -0.314. The van der Waals surface area contributed by atoms with Crippen molar-refractivity contribution < 1.29 is 9.59 Å². The molecule has 1 unspecified atom stereocenters. The first-order valence-corrected chi connectivity index (χ1v) is 15.4. The first kappa shape index (κ1) is 30.6. The molecule has 1 heterocycles. The number of hydrogen-bond donors (Lipinski definition) is 1. The minimum absolute atomic E-state index is 0.0146. The van der Waals surface area contributed by atoms with E-state index < -0.39 is 0 Å². The molecule has 226 valence electrons. The molecule has 6 heteroatoms. The monoisotopic (exact) mass is 586 g/mol. The van der Waals surface area contributed by atoms with E-state index in [4.69, 9.17) is 0 Å². The summed E-state index contributed by atoms with van der Waals surface area (Å²) in [6.45, 7) is 3.43. The van der Waals surface area contributed by atoms with Crippen LogP contribution in [0, 0.1) is 0 Å². The van der Waals surface area contributed by atoms with Gasteiger partial charge in [0.15, 0.2) is 0 Å². The van der Waals surface area contributed by atoms with Crippen molar-refractivity contribution in [1.29, 1.82) is 0 Å². The molecule has 0 fully saturated rings. The second kappa shape index (κ2) is 14.6. The lowest BCUT2D eigenvalue weighted by molar-refractivity contribution is -0.142. The summed E-state index contributed by atoms with van der Waals surface area (Å²) in [5, 5.41) is 1.17. The fraction of sp³-hybridized carbons (Fsp3) is 0.263. The third kappa shape index (κ3) is 7.56.